The second-order valence-electron chi connectivity index (χ2n) is 7.47. The predicted octanol–water partition coefficient (Wildman–Crippen LogP) is -5.21. The molecule has 1 rings (SSSR count). The summed E-state index contributed by atoms with van der Waals surface area (Å²) < 4.78 is 10.5. The maximum atomic E-state index is 10.4. The third-order valence-electron chi connectivity index (χ3n) is 4.75. The van der Waals surface area contributed by atoms with E-state index in [0.717, 1.165) is 13.0 Å². The smallest absolute Gasteiger partial charge is 0.187 e. The first kappa shape index (κ1) is 26.6. The highest BCUT2D eigenvalue weighted by molar-refractivity contribution is 4.91. The van der Waals surface area contributed by atoms with Gasteiger partial charge < -0.3 is 60.5 Å². The zero-order chi connectivity index (χ0) is 22.1. The number of hydrogen-bond donors (Lipinski definition) is 9. The van der Waals surface area contributed by atoms with E-state index < -0.39 is 68.3 Å². The Bertz CT molecular complexity index is 444. The minimum atomic E-state index is -1.75. The first-order chi connectivity index (χ1) is 13.6. The number of aliphatic hydroxyl groups excluding tert-OH is 8. The van der Waals surface area contributed by atoms with Crippen molar-refractivity contribution in [2.24, 2.45) is 0 Å². The fraction of sp³-hybridized carbons (Fsp3) is 1.00. The summed E-state index contributed by atoms with van der Waals surface area (Å²) in [6.45, 7) is -0.121. The van der Waals surface area contributed by atoms with Crippen LogP contribution in [0.15, 0.2) is 0 Å². The van der Waals surface area contributed by atoms with Gasteiger partial charge in [0, 0.05) is 6.54 Å². The van der Waals surface area contributed by atoms with Crippen molar-refractivity contribution in [2.45, 2.75) is 61.5 Å². The molecule has 0 saturated carbocycles. The molecule has 0 aromatic heterocycles. The molecule has 0 aliphatic carbocycles. The Labute approximate surface area is 169 Å². The van der Waals surface area contributed by atoms with Crippen LogP contribution in [0.2, 0.25) is 0 Å². The third-order valence-corrected chi connectivity index (χ3v) is 4.75. The van der Waals surface area contributed by atoms with Gasteiger partial charge in [0.05, 0.1) is 19.3 Å². The predicted molar refractivity (Wildman–Crippen MR) is 99.8 cm³/mol. The number of nitrogens with one attached hydrogen (secondary N) is 1. The van der Waals surface area contributed by atoms with Crippen LogP contribution in [-0.2, 0) is 9.47 Å². The molecule has 0 amide bonds. The number of nitrogens with zero attached hydrogens (tertiary/aromatic N) is 1. The van der Waals surface area contributed by atoms with Gasteiger partial charge in [0.25, 0.3) is 0 Å². The fourth-order valence-electron chi connectivity index (χ4n) is 2.95. The van der Waals surface area contributed by atoms with E-state index in [1.54, 1.807) is 0 Å². The summed E-state index contributed by atoms with van der Waals surface area (Å²) in [6, 6.07) is 0. The van der Waals surface area contributed by atoms with Gasteiger partial charge in [-0.05, 0) is 33.6 Å². The summed E-state index contributed by atoms with van der Waals surface area (Å²) in [6.07, 6.45) is -13.4. The Kier molecular flexibility index (Phi) is 11.9. The quantitative estimate of drug-likeness (QED) is 0.127. The molecule has 0 aromatic rings. The average Bonchev–Trinajstić information content (AvgIpc) is 2.69. The van der Waals surface area contributed by atoms with Crippen molar-refractivity contribution in [3.63, 3.8) is 0 Å². The molecule has 0 aromatic carbocycles. The summed E-state index contributed by atoms with van der Waals surface area (Å²) in [5.74, 6) is 0. The second kappa shape index (κ2) is 13.0. The minimum absolute atomic E-state index is 0.0265. The molecule has 1 saturated heterocycles. The van der Waals surface area contributed by atoms with Crippen LogP contribution in [0.5, 0.6) is 0 Å². The molecule has 1 aliphatic rings. The Hall–Kier alpha value is -0.480. The normalized spacial score (nSPS) is 32.2. The molecule has 29 heavy (non-hydrogen) atoms. The van der Waals surface area contributed by atoms with Crippen LogP contribution in [0.1, 0.15) is 6.42 Å². The molecule has 9 N–H and O–H groups in total. The van der Waals surface area contributed by atoms with Gasteiger partial charge in [0.1, 0.15) is 42.7 Å². The monoisotopic (exact) mass is 428 g/mol. The van der Waals surface area contributed by atoms with Crippen LogP contribution in [0.3, 0.4) is 0 Å². The Balaban J connectivity index is 2.70. The molecule has 1 fully saturated rings. The van der Waals surface area contributed by atoms with Crippen LogP contribution in [0, 0.1) is 0 Å². The molecule has 0 radical (unpaired) electrons. The molecule has 1 aliphatic heterocycles. The molecule has 1 heterocycles. The van der Waals surface area contributed by atoms with Crippen LogP contribution in [0.25, 0.3) is 0 Å². The largest absolute Gasteiger partial charge is 0.394 e. The highest BCUT2D eigenvalue weighted by atomic mass is 16.7. The zero-order valence-corrected chi connectivity index (χ0v) is 16.8. The van der Waals surface area contributed by atoms with Crippen LogP contribution in [-0.4, -0.2) is 148 Å². The third kappa shape index (κ3) is 7.94. The van der Waals surface area contributed by atoms with E-state index in [2.05, 4.69) is 5.32 Å². The molecule has 12 heteroatoms. The molecule has 9 atom stereocenters. The van der Waals surface area contributed by atoms with E-state index >= 15 is 0 Å². The van der Waals surface area contributed by atoms with Crippen molar-refractivity contribution in [3.8, 4) is 0 Å². The minimum Gasteiger partial charge on any atom is -0.394 e. The molecular formula is C17H36N2O10. The summed E-state index contributed by atoms with van der Waals surface area (Å²) in [5, 5.41) is 81.7. The van der Waals surface area contributed by atoms with Gasteiger partial charge in [0.15, 0.2) is 6.29 Å². The standard InChI is InChI=1S/C17H36N2O10/c1-19(2)5-3-4-18-6-9(22)12(24)16(10(23)7-20)29-17-15(27)14(26)13(25)11(8-21)28-17/h9-18,20-27H,3-8H2,1-2H3/t9?,10?,11?,12?,13-,14+,15?,16?,17-/m0/s1. The van der Waals surface area contributed by atoms with Crippen LogP contribution in [0.4, 0.5) is 0 Å². The Morgan fingerprint density at radius 1 is 1.00 bits per heavy atom. The molecule has 12 nitrogen and oxygen atoms in total. The van der Waals surface area contributed by atoms with Gasteiger partial charge >= 0.3 is 0 Å². The summed E-state index contributed by atoms with van der Waals surface area (Å²) in [4.78, 5) is 1.99. The summed E-state index contributed by atoms with van der Waals surface area (Å²) in [7, 11) is 3.85. The van der Waals surface area contributed by atoms with Crippen LogP contribution >= 0.6 is 0 Å². The van der Waals surface area contributed by atoms with Crippen molar-refractivity contribution in [2.75, 3.05) is 46.9 Å². The lowest BCUT2D eigenvalue weighted by atomic mass is 9.98. The first-order valence-electron chi connectivity index (χ1n) is 9.60. The van der Waals surface area contributed by atoms with Gasteiger partial charge in [-0.25, -0.2) is 0 Å². The van der Waals surface area contributed by atoms with Crippen molar-refractivity contribution < 1.29 is 50.3 Å². The first-order valence-corrected chi connectivity index (χ1v) is 9.60. The lowest BCUT2D eigenvalue weighted by Crippen LogP contribution is -2.61. The van der Waals surface area contributed by atoms with E-state index in [9.17, 15) is 40.9 Å². The van der Waals surface area contributed by atoms with Crippen molar-refractivity contribution in [3.05, 3.63) is 0 Å². The Morgan fingerprint density at radius 3 is 2.21 bits per heavy atom. The summed E-state index contributed by atoms with van der Waals surface area (Å²) in [5.41, 5.74) is 0. The van der Waals surface area contributed by atoms with Crippen molar-refractivity contribution in [1.29, 1.82) is 0 Å². The highest BCUT2D eigenvalue weighted by Crippen LogP contribution is 2.24. The van der Waals surface area contributed by atoms with E-state index in [-0.39, 0.29) is 6.54 Å². The van der Waals surface area contributed by atoms with E-state index in [1.165, 1.54) is 0 Å². The SMILES string of the molecule is CN(C)CCCNCC(O)C(O)C(O[C@@H]1OC(CO)[C@H](O)[C@@H](O)C1O)C(O)CO. The van der Waals surface area contributed by atoms with Gasteiger partial charge in [-0.1, -0.05) is 0 Å². The Morgan fingerprint density at radius 2 is 1.66 bits per heavy atom. The lowest BCUT2D eigenvalue weighted by molar-refractivity contribution is -0.327. The molecule has 0 bridgehead atoms. The summed E-state index contributed by atoms with van der Waals surface area (Å²) >= 11 is 0. The topological polar surface area (TPSA) is 196 Å². The maximum Gasteiger partial charge on any atom is 0.187 e. The maximum absolute atomic E-state index is 10.4. The average molecular weight is 428 g/mol. The second-order valence-corrected chi connectivity index (χ2v) is 7.47. The fourth-order valence-corrected chi connectivity index (χ4v) is 2.95. The number of rotatable bonds is 13. The van der Waals surface area contributed by atoms with E-state index in [0.29, 0.717) is 6.54 Å². The highest BCUT2D eigenvalue weighted by Gasteiger charge is 2.46. The van der Waals surface area contributed by atoms with Gasteiger partial charge in [-0.2, -0.15) is 0 Å². The van der Waals surface area contributed by atoms with E-state index in [1.807, 2.05) is 19.0 Å². The number of aliphatic hydroxyl groups is 8. The van der Waals surface area contributed by atoms with Crippen molar-refractivity contribution >= 4 is 0 Å². The lowest BCUT2D eigenvalue weighted by Gasteiger charge is -2.42. The molecular weight excluding hydrogens is 392 g/mol. The number of hydrogen-bond acceptors (Lipinski definition) is 12. The van der Waals surface area contributed by atoms with E-state index in [4.69, 9.17) is 9.47 Å². The zero-order valence-electron chi connectivity index (χ0n) is 16.8. The van der Waals surface area contributed by atoms with Crippen LogP contribution < -0.4 is 5.32 Å². The molecule has 0 spiro atoms. The van der Waals surface area contributed by atoms with Gasteiger partial charge in [0.2, 0.25) is 0 Å². The molecule has 6 unspecified atom stereocenters. The molecule has 174 valence electrons. The van der Waals surface area contributed by atoms with Gasteiger partial charge in [-0.3, -0.25) is 0 Å². The number of ether oxygens (including phenoxy) is 2. The van der Waals surface area contributed by atoms with Crippen molar-refractivity contribution in [1.82, 2.24) is 10.2 Å². The van der Waals surface area contributed by atoms with Gasteiger partial charge in [-0.15, -0.1) is 0 Å².